The van der Waals surface area contributed by atoms with E-state index in [-0.39, 0.29) is 23.0 Å². The van der Waals surface area contributed by atoms with Crippen LogP contribution in [0.2, 0.25) is 0 Å². The van der Waals surface area contributed by atoms with Gasteiger partial charge in [0.2, 0.25) is 5.91 Å². The van der Waals surface area contributed by atoms with E-state index < -0.39 is 4.92 Å². The SMILES string of the molecule is COc1cc([N+](=O)[O-])c(NC(C)=O)cc1OCC1CCN(C)CC1. The molecule has 1 fully saturated rings. The summed E-state index contributed by atoms with van der Waals surface area (Å²) in [6, 6.07) is 2.72. The molecule has 8 nitrogen and oxygen atoms in total. The molecule has 2 rings (SSSR count). The lowest BCUT2D eigenvalue weighted by atomic mass is 9.98. The van der Waals surface area contributed by atoms with Crippen molar-refractivity contribution < 1.29 is 19.2 Å². The highest BCUT2D eigenvalue weighted by molar-refractivity contribution is 5.92. The normalized spacial score (nSPS) is 15.8. The second kappa shape index (κ2) is 7.96. The van der Waals surface area contributed by atoms with E-state index in [1.54, 1.807) is 0 Å². The second-order valence-electron chi connectivity index (χ2n) is 6.02. The molecular weight excluding hydrogens is 314 g/mol. The Morgan fingerprint density at radius 3 is 2.58 bits per heavy atom. The Balaban J connectivity index is 2.17. The second-order valence-corrected chi connectivity index (χ2v) is 6.02. The number of rotatable bonds is 6. The standard InChI is InChI=1S/C16H23N3O5/c1-11(20)17-13-8-16(15(23-3)9-14(13)19(21)22)24-10-12-4-6-18(2)7-5-12/h8-9,12H,4-7,10H2,1-3H3,(H,17,20). The predicted molar refractivity (Wildman–Crippen MR) is 89.7 cm³/mol. The Kier molecular flexibility index (Phi) is 5.97. The van der Waals surface area contributed by atoms with Crippen molar-refractivity contribution in [1.82, 2.24) is 4.90 Å². The van der Waals surface area contributed by atoms with Crippen LogP contribution in [-0.2, 0) is 4.79 Å². The number of nitrogens with one attached hydrogen (secondary N) is 1. The fraction of sp³-hybridized carbons (Fsp3) is 0.562. The molecular formula is C16H23N3O5. The first-order valence-corrected chi connectivity index (χ1v) is 7.86. The number of methoxy groups -OCH3 is 1. The van der Waals surface area contributed by atoms with Crippen LogP contribution in [0.5, 0.6) is 11.5 Å². The Morgan fingerprint density at radius 2 is 2.04 bits per heavy atom. The van der Waals surface area contributed by atoms with Crippen LogP contribution >= 0.6 is 0 Å². The molecule has 0 unspecified atom stereocenters. The van der Waals surface area contributed by atoms with E-state index in [4.69, 9.17) is 9.47 Å². The number of nitrogens with zero attached hydrogens (tertiary/aromatic N) is 2. The minimum atomic E-state index is -0.561. The molecule has 0 aromatic heterocycles. The number of carbonyl (C=O) groups is 1. The zero-order chi connectivity index (χ0) is 17.7. The minimum Gasteiger partial charge on any atom is -0.493 e. The maximum absolute atomic E-state index is 11.3. The molecule has 8 heteroatoms. The van der Waals surface area contributed by atoms with Gasteiger partial charge in [0.1, 0.15) is 5.69 Å². The third-order valence-electron chi connectivity index (χ3n) is 4.10. The van der Waals surface area contributed by atoms with E-state index in [0.717, 1.165) is 25.9 Å². The summed E-state index contributed by atoms with van der Waals surface area (Å²) < 4.78 is 11.0. The van der Waals surface area contributed by atoms with Crippen LogP contribution in [0.3, 0.4) is 0 Å². The molecule has 1 aromatic rings. The van der Waals surface area contributed by atoms with Crippen molar-refractivity contribution >= 4 is 17.3 Å². The van der Waals surface area contributed by atoms with E-state index in [1.807, 2.05) is 0 Å². The van der Waals surface area contributed by atoms with E-state index in [0.29, 0.717) is 18.3 Å². The van der Waals surface area contributed by atoms with Gasteiger partial charge in [-0.05, 0) is 38.9 Å². The Bertz CT molecular complexity index is 612. The lowest BCUT2D eigenvalue weighted by molar-refractivity contribution is -0.384. The maximum Gasteiger partial charge on any atom is 0.296 e. The zero-order valence-electron chi connectivity index (χ0n) is 14.2. The predicted octanol–water partition coefficient (Wildman–Crippen LogP) is 2.28. The van der Waals surface area contributed by atoms with Crippen LogP contribution in [0.1, 0.15) is 19.8 Å². The van der Waals surface area contributed by atoms with Gasteiger partial charge in [-0.2, -0.15) is 0 Å². The largest absolute Gasteiger partial charge is 0.493 e. The quantitative estimate of drug-likeness (QED) is 0.632. The topological polar surface area (TPSA) is 93.9 Å². The summed E-state index contributed by atoms with van der Waals surface area (Å²) >= 11 is 0. The molecule has 0 saturated carbocycles. The number of amides is 1. The highest BCUT2D eigenvalue weighted by Crippen LogP contribution is 2.38. The molecule has 1 aliphatic heterocycles. The highest BCUT2D eigenvalue weighted by Gasteiger charge is 2.22. The molecule has 132 valence electrons. The summed E-state index contributed by atoms with van der Waals surface area (Å²) in [5.41, 5.74) is -0.125. The number of carbonyl (C=O) groups excluding carboxylic acids is 1. The molecule has 0 radical (unpaired) electrons. The molecule has 1 saturated heterocycles. The van der Waals surface area contributed by atoms with Gasteiger partial charge in [-0.3, -0.25) is 14.9 Å². The first-order chi connectivity index (χ1) is 11.4. The monoisotopic (exact) mass is 337 g/mol. The summed E-state index contributed by atoms with van der Waals surface area (Å²) in [6.45, 7) is 3.87. The lowest BCUT2D eigenvalue weighted by Crippen LogP contribution is -2.32. The van der Waals surface area contributed by atoms with E-state index in [2.05, 4.69) is 17.3 Å². The van der Waals surface area contributed by atoms with Crippen molar-refractivity contribution in [2.45, 2.75) is 19.8 Å². The average molecular weight is 337 g/mol. The molecule has 0 bridgehead atoms. The third-order valence-corrected chi connectivity index (χ3v) is 4.10. The molecule has 1 aliphatic rings. The van der Waals surface area contributed by atoms with Gasteiger partial charge in [-0.15, -0.1) is 0 Å². The number of nitro groups is 1. The third kappa shape index (κ3) is 4.58. The first-order valence-electron chi connectivity index (χ1n) is 7.86. The van der Waals surface area contributed by atoms with Crippen molar-refractivity contribution in [3.05, 3.63) is 22.2 Å². The number of nitro benzene ring substituents is 1. The van der Waals surface area contributed by atoms with E-state index in [1.165, 1.54) is 26.2 Å². The van der Waals surface area contributed by atoms with Gasteiger partial charge >= 0.3 is 0 Å². The lowest BCUT2D eigenvalue weighted by Gasteiger charge is -2.28. The van der Waals surface area contributed by atoms with Crippen molar-refractivity contribution in [3.63, 3.8) is 0 Å². The summed E-state index contributed by atoms with van der Waals surface area (Å²) in [5, 5.41) is 13.6. The van der Waals surface area contributed by atoms with Gasteiger partial charge in [-0.25, -0.2) is 0 Å². The van der Waals surface area contributed by atoms with Gasteiger partial charge in [0.25, 0.3) is 5.69 Å². The van der Waals surface area contributed by atoms with Crippen LogP contribution in [0.25, 0.3) is 0 Å². The van der Waals surface area contributed by atoms with Crippen LogP contribution in [0, 0.1) is 16.0 Å². The molecule has 0 atom stereocenters. The van der Waals surface area contributed by atoms with Crippen LogP contribution in [0.15, 0.2) is 12.1 Å². The van der Waals surface area contributed by atoms with Crippen molar-refractivity contribution in [2.24, 2.45) is 5.92 Å². The Labute approximate surface area is 140 Å². The molecule has 1 heterocycles. The van der Waals surface area contributed by atoms with E-state index in [9.17, 15) is 14.9 Å². The van der Waals surface area contributed by atoms with Gasteiger partial charge in [0, 0.05) is 13.0 Å². The number of hydrogen-bond acceptors (Lipinski definition) is 6. The van der Waals surface area contributed by atoms with Gasteiger partial charge in [0.15, 0.2) is 11.5 Å². The molecule has 1 amide bonds. The van der Waals surface area contributed by atoms with Crippen LogP contribution in [0.4, 0.5) is 11.4 Å². The summed E-state index contributed by atoms with van der Waals surface area (Å²) in [6.07, 6.45) is 2.09. The number of hydrogen-bond donors (Lipinski definition) is 1. The van der Waals surface area contributed by atoms with Crippen LogP contribution < -0.4 is 14.8 Å². The molecule has 0 aliphatic carbocycles. The van der Waals surface area contributed by atoms with Gasteiger partial charge in [-0.1, -0.05) is 0 Å². The number of benzene rings is 1. The number of piperidine rings is 1. The number of anilines is 1. The Morgan fingerprint density at radius 1 is 1.38 bits per heavy atom. The minimum absolute atomic E-state index is 0.103. The van der Waals surface area contributed by atoms with Crippen molar-refractivity contribution in [2.75, 3.05) is 39.2 Å². The van der Waals surface area contributed by atoms with Gasteiger partial charge in [0.05, 0.1) is 24.7 Å². The molecule has 0 spiro atoms. The van der Waals surface area contributed by atoms with Gasteiger partial charge < -0.3 is 19.7 Å². The number of ether oxygens (including phenoxy) is 2. The Hall–Kier alpha value is -2.35. The summed E-state index contributed by atoms with van der Waals surface area (Å²) in [4.78, 5) is 24.2. The maximum atomic E-state index is 11.3. The highest BCUT2D eigenvalue weighted by atomic mass is 16.6. The van der Waals surface area contributed by atoms with Crippen LogP contribution in [-0.4, -0.2) is 49.6 Å². The summed E-state index contributed by atoms with van der Waals surface area (Å²) in [7, 11) is 3.52. The first kappa shape index (κ1) is 18.0. The zero-order valence-corrected chi connectivity index (χ0v) is 14.2. The molecule has 1 aromatic carbocycles. The molecule has 1 N–H and O–H groups in total. The number of likely N-dealkylation sites (tertiary alicyclic amines) is 1. The van der Waals surface area contributed by atoms with Crippen molar-refractivity contribution in [3.8, 4) is 11.5 Å². The molecule has 24 heavy (non-hydrogen) atoms. The van der Waals surface area contributed by atoms with E-state index >= 15 is 0 Å². The fourth-order valence-electron chi connectivity index (χ4n) is 2.70. The average Bonchev–Trinajstić information content (AvgIpc) is 2.53. The smallest absolute Gasteiger partial charge is 0.296 e. The fourth-order valence-corrected chi connectivity index (χ4v) is 2.70. The van der Waals surface area contributed by atoms with Crippen molar-refractivity contribution in [1.29, 1.82) is 0 Å². The summed E-state index contributed by atoms with van der Waals surface area (Å²) in [5.74, 6) is 0.726.